The number of ketones is 2. The number of Topliss-reactive ketones (excluding diaryl/α,β-unsaturated/α-hetero) is 2. The highest BCUT2D eigenvalue weighted by atomic mass is 16.2. The number of urea groups is 1. The second-order valence-electron chi connectivity index (χ2n) is 4.54. The molecule has 1 atom stereocenters. The molecule has 5 heteroatoms. The van der Waals surface area contributed by atoms with Crippen molar-refractivity contribution in [1.82, 2.24) is 10.6 Å². The number of amides is 2. The molecule has 0 aromatic carbocycles. The maximum Gasteiger partial charge on any atom is 0.315 e. The van der Waals surface area contributed by atoms with Gasteiger partial charge >= 0.3 is 6.03 Å². The van der Waals surface area contributed by atoms with E-state index in [0.717, 1.165) is 12.8 Å². The second-order valence-corrected chi connectivity index (χ2v) is 4.54. The lowest BCUT2D eigenvalue weighted by molar-refractivity contribution is -0.119. The molecule has 0 saturated heterocycles. The summed E-state index contributed by atoms with van der Waals surface area (Å²) < 4.78 is 0. The highest BCUT2D eigenvalue weighted by Gasteiger charge is 2.18. The van der Waals surface area contributed by atoms with Crippen LogP contribution in [0.2, 0.25) is 0 Å². The van der Waals surface area contributed by atoms with Gasteiger partial charge in [0.2, 0.25) is 0 Å². The number of nitrogens with one attached hydrogen (secondary N) is 2. The molecule has 104 valence electrons. The van der Waals surface area contributed by atoms with Gasteiger partial charge in [0.15, 0.2) is 5.78 Å². The van der Waals surface area contributed by atoms with Crippen molar-refractivity contribution >= 4 is 17.6 Å². The number of carbonyl (C=O) groups excluding carboxylic acids is 3. The van der Waals surface area contributed by atoms with E-state index in [1.165, 1.54) is 13.8 Å². The standard InChI is InChI=1S/C13H24N2O3/c1-5-11(6-2)14-13(18)15-12(10(4)17)8-7-9(3)16/h11-12H,5-8H2,1-4H3,(H2,14,15,18). The Morgan fingerprint density at radius 3 is 1.94 bits per heavy atom. The maximum absolute atomic E-state index is 11.7. The Kier molecular flexibility index (Phi) is 8.00. The summed E-state index contributed by atoms with van der Waals surface area (Å²) in [5.41, 5.74) is 0. The minimum atomic E-state index is -0.580. The van der Waals surface area contributed by atoms with E-state index in [1.807, 2.05) is 13.8 Å². The number of hydrogen-bond acceptors (Lipinski definition) is 3. The molecule has 0 spiro atoms. The molecular weight excluding hydrogens is 232 g/mol. The van der Waals surface area contributed by atoms with Gasteiger partial charge in [-0.25, -0.2) is 4.79 Å². The molecule has 0 aromatic rings. The van der Waals surface area contributed by atoms with E-state index in [-0.39, 0.29) is 23.6 Å². The highest BCUT2D eigenvalue weighted by Crippen LogP contribution is 2.01. The Morgan fingerprint density at radius 1 is 1.00 bits per heavy atom. The van der Waals surface area contributed by atoms with Crippen LogP contribution in [0.1, 0.15) is 53.4 Å². The van der Waals surface area contributed by atoms with Crippen LogP contribution in [0.5, 0.6) is 0 Å². The fourth-order valence-electron chi connectivity index (χ4n) is 1.60. The molecule has 0 fully saturated rings. The van der Waals surface area contributed by atoms with Gasteiger partial charge in [-0.3, -0.25) is 4.79 Å². The topological polar surface area (TPSA) is 75.3 Å². The second kappa shape index (κ2) is 8.66. The van der Waals surface area contributed by atoms with Crippen LogP contribution in [0.25, 0.3) is 0 Å². The molecule has 0 heterocycles. The number of carbonyl (C=O) groups is 3. The van der Waals surface area contributed by atoms with Crippen LogP contribution in [-0.2, 0) is 9.59 Å². The molecule has 2 N–H and O–H groups in total. The highest BCUT2D eigenvalue weighted by molar-refractivity contribution is 5.87. The van der Waals surface area contributed by atoms with E-state index in [2.05, 4.69) is 10.6 Å². The lowest BCUT2D eigenvalue weighted by Crippen LogP contribution is -2.48. The molecule has 5 nitrogen and oxygen atoms in total. The van der Waals surface area contributed by atoms with Crippen molar-refractivity contribution in [2.24, 2.45) is 0 Å². The quantitative estimate of drug-likeness (QED) is 0.695. The number of hydrogen-bond donors (Lipinski definition) is 2. The van der Waals surface area contributed by atoms with Crippen molar-refractivity contribution in [2.45, 2.75) is 65.5 Å². The summed E-state index contributed by atoms with van der Waals surface area (Å²) in [7, 11) is 0. The minimum absolute atomic E-state index is 0.0171. The molecule has 0 aliphatic heterocycles. The summed E-state index contributed by atoms with van der Waals surface area (Å²) >= 11 is 0. The molecule has 18 heavy (non-hydrogen) atoms. The van der Waals surface area contributed by atoms with Crippen molar-refractivity contribution < 1.29 is 14.4 Å². The molecule has 2 amide bonds. The van der Waals surface area contributed by atoms with E-state index in [1.54, 1.807) is 0 Å². The molecular formula is C13H24N2O3. The van der Waals surface area contributed by atoms with Crippen molar-refractivity contribution in [3.63, 3.8) is 0 Å². The molecule has 1 unspecified atom stereocenters. The molecule has 0 rings (SSSR count). The van der Waals surface area contributed by atoms with Crippen LogP contribution in [0.4, 0.5) is 4.79 Å². The van der Waals surface area contributed by atoms with E-state index in [0.29, 0.717) is 12.8 Å². The number of rotatable bonds is 8. The molecule has 0 aromatic heterocycles. The lowest BCUT2D eigenvalue weighted by Gasteiger charge is -2.19. The lowest BCUT2D eigenvalue weighted by atomic mass is 10.1. The van der Waals surface area contributed by atoms with Gasteiger partial charge in [0.05, 0.1) is 6.04 Å². The van der Waals surface area contributed by atoms with E-state index >= 15 is 0 Å². The summed E-state index contributed by atoms with van der Waals surface area (Å²) in [4.78, 5) is 33.9. The van der Waals surface area contributed by atoms with Crippen LogP contribution >= 0.6 is 0 Å². The normalized spacial score (nSPS) is 12.1. The first-order valence-corrected chi connectivity index (χ1v) is 6.47. The Labute approximate surface area is 109 Å². The first-order chi connectivity index (χ1) is 8.40. The van der Waals surface area contributed by atoms with Crippen LogP contribution in [0.3, 0.4) is 0 Å². The van der Waals surface area contributed by atoms with Gasteiger partial charge in [-0.2, -0.15) is 0 Å². The Hall–Kier alpha value is -1.39. The predicted octanol–water partition coefficient (Wildman–Crippen LogP) is 1.80. The minimum Gasteiger partial charge on any atom is -0.335 e. The van der Waals surface area contributed by atoms with Crippen molar-refractivity contribution in [2.75, 3.05) is 0 Å². The SMILES string of the molecule is CCC(CC)NC(=O)NC(CCC(C)=O)C(C)=O. The molecule has 0 bridgehead atoms. The van der Waals surface area contributed by atoms with Crippen LogP contribution in [0.15, 0.2) is 0 Å². The summed E-state index contributed by atoms with van der Waals surface area (Å²) in [5, 5.41) is 5.42. The van der Waals surface area contributed by atoms with Gasteiger partial charge in [-0.15, -0.1) is 0 Å². The molecule has 0 saturated carbocycles. The molecule has 0 radical (unpaired) electrons. The summed E-state index contributed by atoms with van der Waals surface area (Å²) in [6, 6.07) is -0.805. The fourth-order valence-corrected chi connectivity index (χ4v) is 1.60. The van der Waals surface area contributed by atoms with Crippen molar-refractivity contribution in [3.8, 4) is 0 Å². The van der Waals surface area contributed by atoms with Crippen LogP contribution in [-0.4, -0.2) is 29.7 Å². The Balaban J connectivity index is 4.27. The zero-order valence-corrected chi connectivity index (χ0v) is 11.7. The summed E-state index contributed by atoms with van der Waals surface area (Å²) in [5.74, 6) is -0.112. The zero-order valence-electron chi connectivity index (χ0n) is 11.7. The first kappa shape index (κ1) is 16.6. The first-order valence-electron chi connectivity index (χ1n) is 6.47. The predicted molar refractivity (Wildman–Crippen MR) is 70.4 cm³/mol. The van der Waals surface area contributed by atoms with Gasteiger partial charge in [0, 0.05) is 12.5 Å². The largest absolute Gasteiger partial charge is 0.335 e. The third-order valence-electron chi connectivity index (χ3n) is 2.90. The van der Waals surface area contributed by atoms with Gasteiger partial charge in [0.1, 0.15) is 5.78 Å². The van der Waals surface area contributed by atoms with E-state index in [4.69, 9.17) is 0 Å². The Bertz CT molecular complexity index is 299. The van der Waals surface area contributed by atoms with Gasteiger partial charge in [-0.05, 0) is 33.1 Å². The van der Waals surface area contributed by atoms with Gasteiger partial charge < -0.3 is 15.4 Å². The van der Waals surface area contributed by atoms with Crippen LogP contribution < -0.4 is 10.6 Å². The van der Waals surface area contributed by atoms with Gasteiger partial charge in [0.25, 0.3) is 0 Å². The monoisotopic (exact) mass is 256 g/mol. The molecule has 0 aliphatic carbocycles. The maximum atomic E-state index is 11.7. The third-order valence-corrected chi connectivity index (χ3v) is 2.90. The summed E-state index contributed by atoms with van der Waals surface area (Å²) in [6.07, 6.45) is 2.36. The van der Waals surface area contributed by atoms with E-state index < -0.39 is 6.04 Å². The zero-order chi connectivity index (χ0) is 14.1. The average Bonchev–Trinajstić information content (AvgIpc) is 2.30. The molecule has 0 aliphatic rings. The third kappa shape index (κ3) is 7.04. The average molecular weight is 256 g/mol. The van der Waals surface area contributed by atoms with Crippen molar-refractivity contribution in [3.05, 3.63) is 0 Å². The fraction of sp³-hybridized carbons (Fsp3) is 0.769. The van der Waals surface area contributed by atoms with E-state index in [9.17, 15) is 14.4 Å². The Morgan fingerprint density at radius 2 is 1.56 bits per heavy atom. The van der Waals surface area contributed by atoms with Crippen LogP contribution in [0, 0.1) is 0 Å². The smallest absolute Gasteiger partial charge is 0.315 e. The summed E-state index contributed by atoms with van der Waals surface area (Å²) in [6.45, 7) is 6.88. The van der Waals surface area contributed by atoms with Crippen molar-refractivity contribution in [1.29, 1.82) is 0 Å². The van der Waals surface area contributed by atoms with Gasteiger partial charge in [-0.1, -0.05) is 13.8 Å².